The maximum atomic E-state index is 12.5. The number of aryl methyl sites for hydroxylation is 1. The number of carbonyl (C=O) groups is 1. The molecule has 0 radical (unpaired) electrons. The Morgan fingerprint density at radius 3 is 2.52 bits per heavy atom. The van der Waals surface area contributed by atoms with Gasteiger partial charge in [-0.2, -0.15) is 0 Å². The molecule has 0 spiro atoms. The molecule has 3 rings (SSSR count). The van der Waals surface area contributed by atoms with Gasteiger partial charge < -0.3 is 10.6 Å². The molecule has 1 aromatic carbocycles. The fraction of sp³-hybridized carbons (Fsp3) is 0.294. The number of nitrogens with one attached hydrogen (secondary N) is 2. The van der Waals surface area contributed by atoms with Crippen molar-refractivity contribution in [3.63, 3.8) is 0 Å². The number of pyridine rings is 1. The highest BCUT2D eigenvalue weighted by molar-refractivity contribution is 5.99. The van der Waals surface area contributed by atoms with Crippen LogP contribution < -0.4 is 10.6 Å². The number of nitrogens with zero attached hydrogens (tertiary/aromatic N) is 1. The molecule has 1 heterocycles. The lowest BCUT2D eigenvalue weighted by Gasteiger charge is -2.14. The molecule has 1 aromatic heterocycles. The van der Waals surface area contributed by atoms with Crippen LogP contribution in [0.1, 0.15) is 27.2 Å². The molecule has 1 aliphatic rings. The van der Waals surface area contributed by atoms with Gasteiger partial charge in [-0.25, -0.2) is 0 Å². The van der Waals surface area contributed by atoms with E-state index in [1.54, 1.807) is 6.20 Å². The zero-order chi connectivity index (χ0) is 14.8. The minimum absolute atomic E-state index is 0.0651. The van der Waals surface area contributed by atoms with E-state index in [4.69, 9.17) is 0 Å². The lowest BCUT2D eigenvalue weighted by Crippen LogP contribution is -2.35. The van der Waals surface area contributed by atoms with Crippen molar-refractivity contribution in [2.75, 3.05) is 12.4 Å². The second kappa shape index (κ2) is 5.56. The van der Waals surface area contributed by atoms with E-state index in [1.165, 1.54) is 11.1 Å². The fourth-order valence-corrected chi connectivity index (χ4v) is 2.87. The Hall–Kier alpha value is -2.36. The summed E-state index contributed by atoms with van der Waals surface area (Å²) in [5.74, 6) is -0.0651. The highest BCUT2D eigenvalue weighted by atomic mass is 16.1. The van der Waals surface area contributed by atoms with E-state index < -0.39 is 0 Å². The number of hydrogen-bond acceptors (Lipinski definition) is 3. The minimum Gasteiger partial charge on any atom is -0.387 e. The lowest BCUT2D eigenvalue weighted by atomic mass is 10.1. The first kappa shape index (κ1) is 13.6. The van der Waals surface area contributed by atoms with Crippen LogP contribution in [0.3, 0.4) is 0 Å². The third-order valence-electron chi connectivity index (χ3n) is 3.94. The molecule has 0 fully saturated rings. The van der Waals surface area contributed by atoms with Gasteiger partial charge >= 0.3 is 0 Å². The third kappa shape index (κ3) is 2.75. The van der Waals surface area contributed by atoms with Gasteiger partial charge in [0.15, 0.2) is 0 Å². The van der Waals surface area contributed by atoms with Crippen LogP contribution in [0.15, 0.2) is 36.5 Å². The molecular formula is C17H19N3O. The molecule has 2 aromatic rings. The number of carbonyl (C=O) groups excluding carboxylic acids is 1. The van der Waals surface area contributed by atoms with E-state index in [9.17, 15) is 4.79 Å². The van der Waals surface area contributed by atoms with E-state index in [0.29, 0.717) is 5.56 Å². The van der Waals surface area contributed by atoms with Crippen LogP contribution in [-0.2, 0) is 12.8 Å². The smallest absolute Gasteiger partial charge is 0.255 e. The molecule has 0 bridgehead atoms. The van der Waals surface area contributed by atoms with Crippen molar-refractivity contribution >= 4 is 11.6 Å². The van der Waals surface area contributed by atoms with Crippen molar-refractivity contribution in [2.24, 2.45) is 0 Å². The molecule has 1 aliphatic carbocycles. The normalized spacial score (nSPS) is 13.8. The van der Waals surface area contributed by atoms with Gasteiger partial charge in [-0.3, -0.25) is 9.78 Å². The minimum atomic E-state index is -0.0651. The molecule has 108 valence electrons. The largest absolute Gasteiger partial charge is 0.387 e. The number of aromatic nitrogens is 1. The quantitative estimate of drug-likeness (QED) is 0.908. The average Bonchev–Trinajstić information content (AvgIpc) is 2.88. The first-order chi connectivity index (χ1) is 10.2. The predicted octanol–water partition coefficient (Wildman–Crippen LogP) is 2.33. The number of fused-ring (bicyclic) bond motifs is 1. The molecule has 0 aliphatic heterocycles. The summed E-state index contributed by atoms with van der Waals surface area (Å²) in [6.07, 6.45) is 3.44. The highest BCUT2D eigenvalue weighted by Gasteiger charge is 2.23. The van der Waals surface area contributed by atoms with Crippen molar-refractivity contribution in [1.82, 2.24) is 10.3 Å². The van der Waals surface area contributed by atoms with Crippen molar-refractivity contribution in [3.8, 4) is 0 Å². The summed E-state index contributed by atoms with van der Waals surface area (Å²) in [7, 11) is 1.82. The highest BCUT2D eigenvalue weighted by Crippen LogP contribution is 2.22. The number of hydrogen-bond donors (Lipinski definition) is 2. The van der Waals surface area contributed by atoms with Gasteiger partial charge in [0, 0.05) is 25.0 Å². The standard InChI is InChI=1S/C17H19N3O/c1-11-7-16(18-2)15(10-19-11)17(21)20-14-8-12-5-3-4-6-13(12)9-14/h3-7,10,14H,8-9H2,1-2H3,(H,18,19)(H,20,21). The van der Waals surface area contributed by atoms with Crippen LogP contribution >= 0.6 is 0 Å². The summed E-state index contributed by atoms with van der Waals surface area (Å²) < 4.78 is 0. The first-order valence-corrected chi connectivity index (χ1v) is 7.19. The van der Waals surface area contributed by atoms with E-state index >= 15 is 0 Å². The molecule has 2 N–H and O–H groups in total. The van der Waals surface area contributed by atoms with E-state index in [-0.39, 0.29) is 11.9 Å². The molecular weight excluding hydrogens is 262 g/mol. The van der Waals surface area contributed by atoms with E-state index in [2.05, 4.69) is 27.8 Å². The maximum Gasteiger partial charge on any atom is 0.255 e. The van der Waals surface area contributed by atoms with Gasteiger partial charge in [0.2, 0.25) is 0 Å². The van der Waals surface area contributed by atoms with Crippen molar-refractivity contribution in [1.29, 1.82) is 0 Å². The van der Waals surface area contributed by atoms with Crippen LogP contribution in [0.5, 0.6) is 0 Å². The van der Waals surface area contributed by atoms with Gasteiger partial charge in [-0.15, -0.1) is 0 Å². The Morgan fingerprint density at radius 2 is 1.90 bits per heavy atom. The molecule has 0 saturated heterocycles. The van der Waals surface area contributed by atoms with Crippen molar-refractivity contribution < 1.29 is 4.79 Å². The maximum absolute atomic E-state index is 12.5. The molecule has 0 saturated carbocycles. The molecule has 21 heavy (non-hydrogen) atoms. The number of amides is 1. The topological polar surface area (TPSA) is 54.0 Å². The van der Waals surface area contributed by atoms with Crippen molar-refractivity contribution in [2.45, 2.75) is 25.8 Å². The van der Waals surface area contributed by atoms with E-state index in [1.807, 2.05) is 32.2 Å². The second-order valence-corrected chi connectivity index (χ2v) is 5.47. The zero-order valence-electron chi connectivity index (χ0n) is 12.3. The summed E-state index contributed by atoms with van der Waals surface area (Å²) in [6, 6.07) is 10.4. The molecule has 1 amide bonds. The average molecular weight is 281 g/mol. The molecule has 4 heteroatoms. The lowest BCUT2D eigenvalue weighted by molar-refractivity contribution is 0.0939. The summed E-state index contributed by atoms with van der Waals surface area (Å²) >= 11 is 0. The van der Waals surface area contributed by atoms with Crippen LogP contribution in [0.25, 0.3) is 0 Å². The summed E-state index contributed by atoms with van der Waals surface area (Å²) in [6.45, 7) is 1.91. The number of benzene rings is 1. The SMILES string of the molecule is CNc1cc(C)ncc1C(=O)NC1Cc2ccccc2C1. The second-order valence-electron chi connectivity index (χ2n) is 5.47. The van der Waals surface area contributed by atoms with Gasteiger partial charge in [0.1, 0.15) is 0 Å². The monoisotopic (exact) mass is 281 g/mol. The van der Waals surface area contributed by atoms with Gasteiger partial charge in [-0.1, -0.05) is 24.3 Å². The van der Waals surface area contributed by atoms with E-state index in [0.717, 1.165) is 24.2 Å². The van der Waals surface area contributed by atoms with Crippen LogP contribution in [-0.4, -0.2) is 24.0 Å². The van der Waals surface area contributed by atoms with Gasteiger partial charge in [0.25, 0.3) is 5.91 Å². The summed E-state index contributed by atoms with van der Waals surface area (Å²) in [5.41, 5.74) is 4.97. The van der Waals surface area contributed by atoms with Crippen molar-refractivity contribution in [3.05, 3.63) is 58.9 Å². The number of anilines is 1. The predicted molar refractivity (Wildman–Crippen MR) is 83.6 cm³/mol. The molecule has 4 nitrogen and oxygen atoms in total. The Labute approximate surface area is 124 Å². The Bertz CT molecular complexity index is 656. The Morgan fingerprint density at radius 1 is 1.24 bits per heavy atom. The van der Waals surface area contributed by atoms with Crippen LogP contribution in [0.4, 0.5) is 5.69 Å². The Balaban J connectivity index is 1.74. The fourth-order valence-electron chi connectivity index (χ4n) is 2.87. The van der Waals surface area contributed by atoms with Crippen LogP contribution in [0.2, 0.25) is 0 Å². The first-order valence-electron chi connectivity index (χ1n) is 7.19. The summed E-state index contributed by atoms with van der Waals surface area (Å²) in [5, 5.41) is 6.18. The van der Waals surface area contributed by atoms with Crippen LogP contribution in [0, 0.1) is 6.92 Å². The molecule has 0 atom stereocenters. The third-order valence-corrected chi connectivity index (χ3v) is 3.94. The summed E-state index contributed by atoms with van der Waals surface area (Å²) in [4.78, 5) is 16.7. The molecule has 0 unspecified atom stereocenters. The Kier molecular flexibility index (Phi) is 3.60. The van der Waals surface area contributed by atoms with Gasteiger partial charge in [0.05, 0.1) is 11.3 Å². The van der Waals surface area contributed by atoms with Gasteiger partial charge in [-0.05, 0) is 37.0 Å². The number of rotatable bonds is 3. The zero-order valence-corrected chi connectivity index (χ0v) is 12.3.